The van der Waals surface area contributed by atoms with Gasteiger partial charge in [-0.05, 0) is 30.3 Å². The van der Waals surface area contributed by atoms with Crippen molar-refractivity contribution in [3.8, 4) is 5.75 Å². The number of amides is 2. The lowest BCUT2D eigenvalue weighted by Crippen LogP contribution is -2.24. The topological polar surface area (TPSA) is 102 Å². The third-order valence-electron chi connectivity index (χ3n) is 5.39. The number of hydrogen-bond acceptors (Lipinski definition) is 4. The molecule has 6 rings (SSSR count). The number of imide groups is 1. The highest BCUT2D eigenvalue weighted by Gasteiger charge is 2.39. The number of pyridine rings is 1. The van der Waals surface area contributed by atoms with Gasteiger partial charge in [-0.2, -0.15) is 0 Å². The summed E-state index contributed by atoms with van der Waals surface area (Å²) in [6.07, 6.45) is 1.68. The zero-order chi connectivity index (χ0) is 18.4. The number of fused-ring (bicyclic) bond motifs is 10. The average Bonchev–Trinajstić information content (AvgIpc) is 3.29. The van der Waals surface area contributed by atoms with Crippen molar-refractivity contribution in [1.82, 2.24) is 19.9 Å². The number of benzene rings is 2. The van der Waals surface area contributed by atoms with Crippen molar-refractivity contribution in [2.45, 2.75) is 0 Å². The molecule has 2 aromatic carbocycles. The number of carbonyl (C=O) groups excluding carboxylic acids is 2. The van der Waals surface area contributed by atoms with E-state index in [1.54, 1.807) is 30.5 Å². The first kappa shape index (κ1) is 14.3. The molecule has 7 nitrogen and oxygen atoms in total. The van der Waals surface area contributed by atoms with E-state index >= 15 is 0 Å². The monoisotopic (exact) mass is 356 g/mol. The molecule has 0 fully saturated rings. The fourth-order valence-corrected chi connectivity index (χ4v) is 4.20. The molecule has 1 aliphatic rings. The standard InChI is InChI=1S/C20H12N4O3/c1-24-19(26)14-12-9-3-2-6-21-18(9)23-17(12)16-13(15(14)20(24)27)10-7-8(25)4-5-11(10)22-16/h2-7,22,25H,1H3,(H,21,23). The summed E-state index contributed by atoms with van der Waals surface area (Å²) < 4.78 is 0. The minimum Gasteiger partial charge on any atom is -0.508 e. The Balaban J connectivity index is 2.00. The predicted octanol–water partition coefficient (Wildman–Crippen LogP) is 3.28. The van der Waals surface area contributed by atoms with Crippen LogP contribution in [0.2, 0.25) is 0 Å². The van der Waals surface area contributed by atoms with Crippen molar-refractivity contribution in [3.05, 3.63) is 47.7 Å². The number of nitrogens with one attached hydrogen (secondary N) is 2. The molecule has 2 amide bonds. The number of phenolic OH excluding ortho intramolecular Hbond substituents is 1. The molecule has 4 heterocycles. The fourth-order valence-electron chi connectivity index (χ4n) is 4.20. The minimum atomic E-state index is -0.343. The lowest BCUT2D eigenvalue weighted by Gasteiger charge is -2.03. The Bertz CT molecular complexity index is 1490. The molecule has 0 unspecified atom stereocenters. The average molecular weight is 356 g/mol. The smallest absolute Gasteiger partial charge is 0.262 e. The number of hydrogen-bond donors (Lipinski definition) is 3. The number of nitrogens with zero attached hydrogens (tertiary/aromatic N) is 2. The summed E-state index contributed by atoms with van der Waals surface area (Å²) in [5, 5.41) is 12.8. The number of rotatable bonds is 0. The second-order valence-electron chi connectivity index (χ2n) is 6.80. The van der Waals surface area contributed by atoms with E-state index in [2.05, 4.69) is 15.0 Å². The van der Waals surface area contributed by atoms with Crippen molar-refractivity contribution >= 4 is 55.6 Å². The lowest BCUT2D eigenvalue weighted by atomic mass is 9.97. The van der Waals surface area contributed by atoms with E-state index in [-0.39, 0.29) is 17.6 Å². The van der Waals surface area contributed by atoms with Crippen molar-refractivity contribution in [2.75, 3.05) is 7.05 Å². The van der Waals surface area contributed by atoms with Gasteiger partial charge in [-0.15, -0.1) is 0 Å². The summed E-state index contributed by atoms with van der Waals surface area (Å²) in [6, 6.07) is 8.64. The highest BCUT2D eigenvalue weighted by Crippen LogP contribution is 2.43. The van der Waals surface area contributed by atoms with Gasteiger partial charge in [-0.1, -0.05) is 0 Å². The first-order valence-electron chi connectivity index (χ1n) is 8.45. The first-order valence-corrected chi connectivity index (χ1v) is 8.45. The van der Waals surface area contributed by atoms with Crippen LogP contribution in [-0.2, 0) is 0 Å². The van der Waals surface area contributed by atoms with Crippen LogP contribution in [0, 0.1) is 0 Å². The molecule has 5 aromatic rings. The normalized spacial score (nSPS) is 14.3. The summed E-state index contributed by atoms with van der Waals surface area (Å²) in [7, 11) is 1.49. The van der Waals surface area contributed by atoms with Crippen LogP contribution >= 0.6 is 0 Å². The van der Waals surface area contributed by atoms with E-state index in [1.807, 2.05) is 6.07 Å². The molecular weight excluding hydrogens is 344 g/mol. The van der Waals surface area contributed by atoms with Crippen LogP contribution in [0.1, 0.15) is 20.7 Å². The molecule has 0 bridgehead atoms. The number of aromatic amines is 2. The van der Waals surface area contributed by atoms with Gasteiger partial charge in [0.25, 0.3) is 11.8 Å². The van der Waals surface area contributed by atoms with Gasteiger partial charge in [0.05, 0.1) is 22.2 Å². The van der Waals surface area contributed by atoms with Crippen molar-refractivity contribution in [1.29, 1.82) is 0 Å². The second kappa shape index (κ2) is 4.45. The first-order chi connectivity index (χ1) is 13.1. The minimum absolute atomic E-state index is 0.0979. The summed E-state index contributed by atoms with van der Waals surface area (Å²) in [6.45, 7) is 0. The third kappa shape index (κ3) is 1.55. The van der Waals surface area contributed by atoms with Crippen LogP contribution in [0.5, 0.6) is 5.75 Å². The zero-order valence-corrected chi connectivity index (χ0v) is 14.1. The largest absolute Gasteiger partial charge is 0.508 e. The van der Waals surface area contributed by atoms with Gasteiger partial charge in [-0.25, -0.2) is 4.98 Å². The van der Waals surface area contributed by atoms with Gasteiger partial charge in [0.2, 0.25) is 0 Å². The summed E-state index contributed by atoms with van der Waals surface area (Å²) in [5.74, 6) is -0.578. The zero-order valence-electron chi connectivity index (χ0n) is 14.1. The maximum absolute atomic E-state index is 13.0. The molecule has 3 N–H and O–H groups in total. The summed E-state index contributed by atoms with van der Waals surface area (Å²) in [4.78, 5) is 38.0. The van der Waals surface area contributed by atoms with Crippen molar-refractivity contribution in [3.63, 3.8) is 0 Å². The maximum atomic E-state index is 13.0. The van der Waals surface area contributed by atoms with Crippen LogP contribution < -0.4 is 0 Å². The van der Waals surface area contributed by atoms with E-state index < -0.39 is 0 Å². The lowest BCUT2D eigenvalue weighted by molar-refractivity contribution is 0.0694. The van der Waals surface area contributed by atoms with Gasteiger partial charge >= 0.3 is 0 Å². The molecule has 1 aliphatic heterocycles. The van der Waals surface area contributed by atoms with Crippen LogP contribution in [0.3, 0.4) is 0 Å². The molecule has 3 aromatic heterocycles. The molecule has 0 spiro atoms. The molecule has 0 radical (unpaired) electrons. The SMILES string of the molecule is CN1C(=O)c2c(c3c4cccnc4[nH]c3c3[nH]c4ccc(O)cc4c23)C1=O. The van der Waals surface area contributed by atoms with Gasteiger partial charge in [0.1, 0.15) is 11.4 Å². The molecule has 0 aliphatic carbocycles. The Morgan fingerprint density at radius 2 is 1.67 bits per heavy atom. The van der Waals surface area contributed by atoms with Gasteiger partial charge in [-0.3, -0.25) is 14.5 Å². The van der Waals surface area contributed by atoms with E-state index in [0.717, 1.165) is 26.8 Å². The maximum Gasteiger partial charge on any atom is 0.262 e. The number of aromatic nitrogens is 3. The molecule has 130 valence electrons. The Labute approximate surface area is 151 Å². The van der Waals surface area contributed by atoms with Gasteiger partial charge in [0.15, 0.2) is 0 Å². The van der Waals surface area contributed by atoms with Gasteiger partial charge < -0.3 is 15.1 Å². The van der Waals surface area contributed by atoms with Crippen LogP contribution in [-0.4, -0.2) is 43.8 Å². The van der Waals surface area contributed by atoms with Crippen LogP contribution in [0.25, 0.3) is 43.7 Å². The van der Waals surface area contributed by atoms with Crippen LogP contribution in [0.15, 0.2) is 36.5 Å². The van der Waals surface area contributed by atoms with Crippen LogP contribution in [0.4, 0.5) is 0 Å². The summed E-state index contributed by atoms with van der Waals surface area (Å²) in [5.41, 5.74) is 3.63. The Morgan fingerprint density at radius 3 is 2.44 bits per heavy atom. The highest BCUT2D eigenvalue weighted by atomic mass is 16.3. The molecular formula is C20H12N4O3. The predicted molar refractivity (Wildman–Crippen MR) is 101 cm³/mol. The second-order valence-corrected chi connectivity index (χ2v) is 6.80. The van der Waals surface area contributed by atoms with E-state index in [1.165, 1.54) is 7.05 Å². The summed E-state index contributed by atoms with van der Waals surface area (Å²) >= 11 is 0. The Morgan fingerprint density at radius 1 is 0.963 bits per heavy atom. The molecule has 0 saturated carbocycles. The highest BCUT2D eigenvalue weighted by molar-refractivity contribution is 6.38. The number of H-pyrrole nitrogens is 2. The molecule has 27 heavy (non-hydrogen) atoms. The number of carbonyl (C=O) groups is 2. The molecule has 0 saturated heterocycles. The van der Waals surface area contributed by atoms with Crippen molar-refractivity contribution < 1.29 is 14.7 Å². The van der Waals surface area contributed by atoms with Crippen molar-refractivity contribution in [2.24, 2.45) is 0 Å². The quantitative estimate of drug-likeness (QED) is 0.371. The molecule has 7 heteroatoms. The number of phenols is 1. The van der Waals surface area contributed by atoms with Gasteiger partial charge in [0, 0.05) is 40.3 Å². The van der Waals surface area contributed by atoms with E-state index in [0.29, 0.717) is 32.9 Å². The van der Waals surface area contributed by atoms with E-state index in [9.17, 15) is 14.7 Å². The fraction of sp³-hybridized carbons (Fsp3) is 0.0500. The number of aromatic hydroxyl groups is 1. The Hall–Kier alpha value is -3.87. The Kier molecular flexibility index (Phi) is 2.36. The molecule has 0 atom stereocenters. The third-order valence-corrected chi connectivity index (χ3v) is 5.39. The van der Waals surface area contributed by atoms with E-state index in [4.69, 9.17) is 0 Å².